The van der Waals surface area contributed by atoms with E-state index in [0.717, 1.165) is 12.1 Å². The van der Waals surface area contributed by atoms with Gasteiger partial charge < -0.3 is 5.32 Å². The fraction of sp³-hybridized carbons (Fsp3) is 0.417. The molecule has 0 aliphatic carbocycles. The van der Waals surface area contributed by atoms with E-state index in [4.69, 9.17) is 0 Å². The molecule has 1 aliphatic rings. The fourth-order valence-corrected chi connectivity index (χ4v) is 1.91. The molecular weight excluding hydrogens is 174 g/mol. The minimum Gasteiger partial charge on any atom is -0.326 e. The van der Waals surface area contributed by atoms with E-state index in [1.165, 1.54) is 5.56 Å². The van der Waals surface area contributed by atoms with E-state index in [9.17, 15) is 4.79 Å². The summed E-state index contributed by atoms with van der Waals surface area (Å²) in [5.41, 5.74) is 2.24. The van der Waals surface area contributed by atoms with Crippen LogP contribution in [-0.2, 0) is 11.2 Å². The average molecular weight is 189 g/mol. The molecule has 0 spiro atoms. The summed E-state index contributed by atoms with van der Waals surface area (Å²) in [4.78, 5) is 11.7. The van der Waals surface area contributed by atoms with Gasteiger partial charge >= 0.3 is 0 Å². The monoisotopic (exact) mass is 189 g/mol. The third kappa shape index (κ3) is 1.52. The van der Waals surface area contributed by atoms with Crippen molar-refractivity contribution < 1.29 is 4.79 Å². The molecule has 1 aromatic rings. The molecule has 1 amide bonds. The lowest BCUT2D eigenvalue weighted by atomic mass is 9.85. The Morgan fingerprint density at radius 2 is 2.07 bits per heavy atom. The lowest BCUT2D eigenvalue weighted by Gasteiger charge is -2.26. The van der Waals surface area contributed by atoms with Crippen LogP contribution >= 0.6 is 0 Å². The second kappa shape index (κ2) is 3.45. The zero-order chi connectivity index (χ0) is 10.1. The highest BCUT2D eigenvalue weighted by atomic mass is 16.1. The lowest BCUT2D eigenvalue weighted by molar-refractivity contribution is -0.121. The summed E-state index contributed by atoms with van der Waals surface area (Å²) in [7, 11) is 0. The van der Waals surface area contributed by atoms with E-state index in [0.29, 0.717) is 5.92 Å². The van der Waals surface area contributed by atoms with Gasteiger partial charge in [0.25, 0.3) is 0 Å². The van der Waals surface area contributed by atoms with Gasteiger partial charge in [-0.1, -0.05) is 32.0 Å². The highest BCUT2D eigenvalue weighted by molar-refractivity contribution is 5.95. The number of para-hydroxylation sites is 1. The van der Waals surface area contributed by atoms with Crippen LogP contribution in [0.2, 0.25) is 0 Å². The van der Waals surface area contributed by atoms with E-state index < -0.39 is 0 Å². The summed E-state index contributed by atoms with van der Waals surface area (Å²) in [6.45, 7) is 4.19. The van der Waals surface area contributed by atoms with Crippen molar-refractivity contribution in [3.8, 4) is 0 Å². The number of fused-ring (bicyclic) bond motifs is 1. The molecule has 74 valence electrons. The van der Waals surface area contributed by atoms with Crippen LogP contribution in [0.15, 0.2) is 24.3 Å². The van der Waals surface area contributed by atoms with Crippen LogP contribution in [0, 0.1) is 11.8 Å². The molecule has 0 saturated heterocycles. The second-order valence-electron chi connectivity index (χ2n) is 4.20. The Hall–Kier alpha value is -1.31. The predicted molar refractivity (Wildman–Crippen MR) is 57.1 cm³/mol. The van der Waals surface area contributed by atoms with Gasteiger partial charge in [0.1, 0.15) is 0 Å². The first-order valence-electron chi connectivity index (χ1n) is 5.07. The zero-order valence-electron chi connectivity index (χ0n) is 8.58. The summed E-state index contributed by atoms with van der Waals surface area (Å²) in [6.07, 6.45) is 0.875. The molecule has 1 N–H and O–H groups in total. The molecule has 0 fully saturated rings. The molecule has 1 aromatic carbocycles. The summed E-state index contributed by atoms with van der Waals surface area (Å²) in [5.74, 6) is 0.701. The van der Waals surface area contributed by atoms with Crippen molar-refractivity contribution in [1.29, 1.82) is 0 Å². The van der Waals surface area contributed by atoms with Crippen LogP contribution in [0.25, 0.3) is 0 Å². The van der Waals surface area contributed by atoms with E-state index in [-0.39, 0.29) is 11.8 Å². The van der Waals surface area contributed by atoms with Gasteiger partial charge in [0.05, 0.1) is 0 Å². The predicted octanol–water partition coefficient (Wildman–Crippen LogP) is 2.45. The molecule has 0 aromatic heterocycles. The number of hydrogen-bond acceptors (Lipinski definition) is 1. The van der Waals surface area contributed by atoms with Gasteiger partial charge in [-0.05, 0) is 24.0 Å². The van der Waals surface area contributed by atoms with Crippen LogP contribution in [0.4, 0.5) is 5.69 Å². The number of anilines is 1. The first-order valence-corrected chi connectivity index (χ1v) is 5.07. The largest absolute Gasteiger partial charge is 0.326 e. The number of carbonyl (C=O) groups is 1. The normalized spacial score (nSPS) is 20.5. The number of nitrogens with one attached hydrogen (secondary N) is 1. The van der Waals surface area contributed by atoms with Crippen molar-refractivity contribution in [3.05, 3.63) is 29.8 Å². The highest BCUT2D eigenvalue weighted by Crippen LogP contribution is 2.28. The maximum atomic E-state index is 11.7. The van der Waals surface area contributed by atoms with Crippen molar-refractivity contribution in [1.82, 2.24) is 0 Å². The first-order chi connectivity index (χ1) is 6.68. The molecule has 2 nitrogen and oxygen atoms in total. The Bertz CT molecular complexity index is 357. The molecule has 0 radical (unpaired) electrons. The Balaban J connectivity index is 2.31. The number of hydrogen-bond donors (Lipinski definition) is 1. The van der Waals surface area contributed by atoms with Crippen molar-refractivity contribution in [2.75, 3.05) is 5.32 Å². The highest BCUT2D eigenvalue weighted by Gasteiger charge is 2.27. The Kier molecular flexibility index (Phi) is 2.28. The van der Waals surface area contributed by atoms with E-state index in [1.807, 2.05) is 18.2 Å². The van der Waals surface area contributed by atoms with Gasteiger partial charge in [-0.2, -0.15) is 0 Å². The van der Waals surface area contributed by atoms with Crippen LogP contribution in [0.3, 0.4) is 0 Å². The third-order valence-electron chi connectivity index (χ3n) is 2.86. The standard InChI is InChI=1S/C12H15NO/c1-8(2)10-7-9-5-3-4-6-11(9)13-12(10)14/h3-6,8,10H,7H2,1-2H3,(H,13,14)/t10-/m0/s1. The fourth-order valence-electron chi connectivity index (χ4n) is 1.91. The van der Waals surface area contributed by atoms with Gasteiger partial charge in [0, 0.05) is 11.6 Å². The van der Waals surface area contributed by atoms with Gasteiger partial charge in [-0.3, -0.25) is 4.79 Å². The van der Waals surface area contributed by atoms with Gasteiger partial charge in [0.15, 0.2) is 0 Å². The summed E-state index contributed by atoms with van der Waals surface area (Å²) >= 11 is 0. The Morgan fingerprint density at radius 3 is 2.79 bits per heavy atom. The van der Waals surface area contributed by atoms with Gasteiger partial charge in [-0.25, -0.2) is 0 Å². The van der Waals surface area contributed by atoms with Crippen molar-refractivity contribution >= 4 is 11.6 Å². The van der Waals surface area contributed by atoms with Crippen LogP contribution in [-0.4, -0.2) is 5.91 Å². The number of carbonyl (C=O) groups excluding carboxylic acids is 1. The molecule has 2 heteroatoms. The maximum absolute atomic E-state index is 11.7. The quantitative estimate of drug-likeness (QED) is 0.722. The SMILES string of the molecule is CC(C)[C@@H]1Cc2ccccc2NC1=O. The summed E-state index contributed by atoms with van der Waals surface area (Å²) in [5, 5.41) is 2.95. The second-order valence-corrected chi connectivity index (χ2v) is 4.20. The lowest BCUT2D eigenvalue weighted by Crippen LogP contribution is -2.33. The zero-order valence-corrected chi connectivity index (χ0v) is 8.58. The smallest absolute Gasteiger partial charge is 0.228 e. The molecule has 0 bridgehead atoms. The number of amides is 1. The topological polar surface area (TPSA) is 29.1 Å². The minimum absolute atomic E-state index is 0.130. The van der Waals surface area contributed by atoms with Crippen molar-refractivity contribution in [3.63, 3.8) is 0 Å². The van der Waals surface area contributed by atoms with E-state index in [2.05, 4.69) is 25.2 Å². The first kappa shape index (κ1) is 9.25. The molecule has 2 rings (SSSR count). The van der Waals surface area contributed by atoms with Crippen molar-refractivity contribution in [2.24, 2.45) is 11.8 Å². The summed E-state index contributed by atoms with van der Waals surface area (Å²) < 4.78 is 0. The van der Waals surface area contributed by atoms with E-state index >= 15 is 0 Å². The molecule has 1 aliphatic heterocycles. The summed E-state index contributed by atoms with van der Waals surface area (Å²) in [6, 6.07) is 8.02. The molecule has 1 atom stereocenters. The molecule has 14 heavy (non-hydrogen) atoms. The minimum atomic E-state index is 0.130. The number of benzene rings is 1. The molecular formula is C12H15NO. The molecule has 0 unspecified atom stereocenters. The van der Waals surface area contributed by atoms with E-state index in [1.54, 1.807) is 0 Å². The van der Waals surface area contributed by atoms with Crippen LogP contribution in [0.5, 0.6) is 0 Å². The molecule has 0 saturated carbocycles. The van der Waals surface area contributed by atoms with Crippen LogP contribution < -0.4 is 5.32 Å². The maximum Gasteiger partial charge on any atom is 0.228 e. The third-order valence-corrected chi connectivity index (χ3v) is 2.86. The Morgan fingerprint density at radius 1 is 1.36 bits per heavy atom. The Labute approximate surface area is 84.3 Å². The average Bonchev–Trinajstić information content (AvgIpc) is 2.16. The molecule has 1 heterocycles. The van der Waals surface area contributed by atoms with Crippen LogP contribution in [0.1, 0.15) is 19.4 Å². The van der Waals surface area contributed by atoms with Crippen molar-refractivity contribution in [2.45, 2.75) is 20.3 Å². The van der Waals surface area contributed by atoms with Gasteiger partial charge in [-0.15, -0.1) is 0 Å². The van der Waals surface area contributed by atoms with Gasteiger partial charge in [0.2, 0.25) is 5.91 Å². The number of rotatable bonds is 1.